The minimum Gasteiger partial charge on any atom is -0.497 e. The van der Waals surface area contributed by atoms with Gasteiger partial charge in [-0.05, 0) is 60.7 Å². The van der Waals surface area contributed by atoms with Crippen molar-refractivity contribution in [1.29, 1.82) is 0 Å². The van der Waals surface area contributed by atoms with Crippen molar-refractivity contribution in [3.63, 3.8) is 0 Å². The Hall–Kier alpha value is -3.85. The predicted octanol–water partition coefficient (Wildman–Crippen LogP) is 4.37. The summed E-state index contributed by atoms with van der Waals surface area (Å²) in [6, 6.07) is 19.2. The molecule has 0 unspecified atom stereocenters. The van der Waals surface area contributed by atoms with Crippen molar-refractivity contribution in [2.24, 2.45) is 5.92 Å². The summed E-state index contributed by atoms with van der Waals surface area (Å²) in [5, 5.41) is 5.52. The van der Waals surface area contributed by atoms with Crippen LogP contribution in [0.4, 0.5) is 17.1 Å². The first-order valence-corrected chi connectivity index (χ1v) is 12.0. The molecule has 0 heterocycles. The molecule has 0 fully saturated rings. The molecule has 0 aromatic heterocycles. The first kappa shape index (κ1) is 24.8. The molecule has 0 aliphatic carbocycles. The second-order valence-corrected chi connectivity index (χ2v) is 9.85. The highest BCUT2D eigenvalue weighted by Crippen LogP contribution is 2.25. The Labute approximate surface area is 199 Å². The van der Waals surface area contributed by atoms with Gasteiger partial charge in [-0.2, -0.15) is 0 Å². The molecule has 0 radical (unpaired) electrons. The molecule has 0 bridgehead atoms. The Kier molecular flexibility index (Phi) is 7.57. The molecule has 34 heavy (non-hydrogen) atoms. The second-order valence-electron chi connectivity index (χ2n) is 7.88. The maximum Gasteiger partial charge on any atom is 0.264 e. The number of hydrogen-bond donors (Lipinski definition) is 2. The highest BCUT2D eigenvalue weighted by molar-refractivity contribution is 7.92. The van der Waals surface area contributed by atoms with Crippen LogP contribution in [-0.4, -0.2) is 34.4 Å². The largest absolute Gasteiger partial charge is 0.497 e. The summed E-state index contributed by atoms with van der Waals surface area (Å²) in [5.41, 5.74) is 1.65. The molecule has 0 saturated carbocycles. The number of carbonyl (C=O) groups is 2. The number of anilines is 3. The summed E-state index contributed by atoms with van der Waals surface area (Å²) in [6.45, 7) is 3.57. The summed E-state index contributed by atoms with van der Waals surface area (Å²) < 4.78 is 32.5. The van der Waals surface area contributed by atoms with Crippen molar-refractivity contribution in [3.05, 3.63) is 78.4 Å². The maximum atomic E-state index is 13.1. The number of sulfonamides is 1. The molecule has 3 rings (SSSR count). The standard InChI is InChI=1S/C25H27N3O5S/c1-17(2)24(29)26-19-8-6-9-20(16-19)27-25(30)18-7-5-10-23(15-18)34(31,32)28(3)21-11-13-22(33-4)14-12-21/h5-17H,1-4H3,(H,26,29)(H,27,30). The van der Waals surface area contributed by atoms with Gasteiger partial charge in [0.2, 0.25) is 5.91 Å². The zero-order valence-corrected chi connectivity index (χ0v) is 20.2. The van der Waals surface area contributed by atoms with Gasteiger partial charge in [-0.3, -0.25) is 13.9 Å². The van der Waals surface area contributed by atoms with Crippen LogP contribution in [0.15, 0.2) is 77.7 Å². The average Bonchev–Trinajstić information content (AvgIpc) is 2.83. The fraction of sp³-hybridized carbons (Fsp3) is 0.200. The number of rotatable bonds is 8. The molecule has 0 aliphatic rings. The van der Waals surface area contributed by atoms with Crippen LogP contribution in [0.5, 0.6) is 5.75 Å². The van der Waals surface area contributed by atoms with Crippen LogP contribution in [-0.2, 0) is 14.8 Å². The van der Waals surface area contributed by atoms with Gasteiger partial charge in [0, 0.05) is 29.9 Å². The van der Waals surface area contributed by atoms with E-state index in [4.69, 9.17) is 4.74 Å². The minimum atomic E-state index is -3.90. The van der Waals surface area contributed by atoms with Crippen LogP contribution in [0.3, 0.4) is 0 Å². The quantitative estimate of drug-likeness (QED) is 0.497. The van der Waals surface area contributed by atoms with Crippen LogP contribution in [0.2, 0.25) is 0 Å². The molecule has 2 amide bonds. The zero-order chi connectivity index (χ0) is 24.9. The zero-order valence-electron chi connectivity index (χ0n) is 19.4. The van der Waals surface area contributed by atoms with E-state index in [-0.39, 0.29) is 22.3 Å². The fourth-order valence-electron chi connectivity index (χ4n) is 3.05. The highest BCUT2D eigenvalue weighted by Gasteiger charge is 2.22. The van der Waals surface area contributed by atoms with Crippen molar-refractivity contribution in [2.45, 2.75) is 18.7 Å². The first-order chi connectivity index (χ1) is 16.1. The molecular weight excluding hydrogens is 454 g/mol. The fourth-order valence-corrected chi connectivity index (χ4v) is 4.29. The van der Waals surface area contributed by atoms with Gasteiger partial charge in [-0.1, -0.05) is 26.0 Å². The van der Waals surface area contributed by atoms with E-state index in [1.807, 2.05) is 0 Å². The number of nitrogens with zero attached hydrogens (tertiary/aromatic N) is 1. The lowest BCUT2D eigenvalue weighted by molar-refractivity contribution is -0.118. The Morgan fingerprint density at radius 3 is 2.12 bits per heavy atom. The number of ether oxygens (including phenoxy) is 1. The van der Waals surface area contributed by atoms with E-state index in [0.29, 0.717) is 22.8 Å². The van der Waals surface area contributed by atoms with Crippen molar-refractivity contribution in [3.8, 4) is 5.75 Å². The number of carbonyl (C=O) groups excluding carboxylic acids is 2. The number of methoxy groups -OCH3 is 1. The third-order valence-corrected chi connectivity index (χ3v) is 6.88. The molecule has 3 aromatic carbocycles. The van der Waals surface area contributed by atoms with Crippen LogP contribution in [0.25, 0.3) is 0 Å². The van der Waals surface area contributed by atoms with Gasteiger partial charge in [0.05, 0.1) is 17.7 Å². The molecule has 0 aliphatic heterocycles. The van der Waals surface area contributed by atoms with Gasteiger partial charge >= 0.3 is 0 Å². The van der Waals surface area contributed by atoms with Crippen LogP contribution in [0, 0.1) is 5.92 Å². The van der Waals surface area contributed by atoms with Gasteiger partial charge in [0.15, 0.2) is 0 Å². The van der Waals surface area contributed by atoms with Crippen LogP contribution < -0.4 is 19.7 Å². The Morgan fingerprint density at radius 2 is 1.50 bits per heavy atom. The number of amides is 2. The first-order valence-electron chi connectivity index (χ1n) is 10.6. The molecular formula is C25H27N3O5S. The number of benzene rings is 3. The summed E-state index contributed by atoms with van der Waals surface area (Å²) in [5.74, 6) is -0.182. The molecule has 178 valence electrons. The third kappa shape index (κ3) is 5.74. The van der Waals surface area contributed by atoms with Crippen molar-refractivity contribution >= 4 is 38.9 Å². The second kappa shape index (κ2) is 10.4. The monoisotopic (exact) mass is 481 g/mol. The van der Waals surface area contributed by atoms with E-state index in [1.165, 1.54) is 38.4 Å². The molecule has 3 aromatic rings. The van der Waals surface area contributed by atoms with Gasteiger partial charge in [-0.25, -0.2) is 8.42 Å². The van der Waals surface area contributed by atoms with Gasteiger partial charge in [-0.15, -0.1) is 0 Å². The van der Waals surface area contributed by atoms with E-state index in [9.17, 15) is 18.0 Å². The Balaban J connectivity index is 1.79. The van der Waals surface area contributed by atoms with E-state index >= 15 is 0 Å². The van der Waals surface area contributed by atoms with Crippen molar-refractivity contribution < 1.29 is 22.7 Å². The van der Waals surface area contributed by atoms with Crippen molar-refractivity contribution in [1.82, 2.24) is 0 Å². The number of hydrogen-bond acceptors (Lipinski definition) is 5. The molecule has 0 saturated heterocycles. The normalized spacial score (nSPS) is 11.1. The molecule has 8 nitrogen and oxygen atoms in total. The maximum absolute atomic E-state index is 13.1. The van der Waals surface area contributed by atoms with E-state index in [1.54, 1.807) is 62.4 Å². The SMILES string of the molecule is COc1ccc(N(C)S(=O)(=O)c2cccc(C(=O)Nc3cccc(NC(=O)C(C)C)c3)c2)cc1. The Bertz CT molecular complexity index is 1290. The smallest absolute Gasteiger partial charge is 0.264 e. The average molecular weight is 482 g/mol. The van der Waals surface area contributed by atoms with Crippen LogP contribution in [0.1, 0.15) is 24.2 Å². The summed E-state index contributed by atoms with van der Waals surface area (Å²) in [4.78, 5) is 24.7. The van der Waals surface area contributed by atoms with E-state index in [0.717, 1.165) is 4.31 Å². The summed E-state index contributed by atoms with van der Waals surface area (Å²) in [6.07, 6.45) is 0. The minimum absolute atomic E-state index is 0.0172. The highest BCUT2D eigenvalue weighted by atomic mass is 32.2. The van der Waals surface area contributed by atoms with Gasteiger partial charge in [0.25, 0.3) is 15.9 Å². The lowest BCUT2D eigenvalue weighted by Gasteiger charge is -2.20. The third-order valence-electron chi connectivity index (χ3n) is 5.10. The molecule has 2 N–H and O–H groups in total. The predicted molar refractivity (Wildman–Crippen MR) is 133 cm³/mol. The number of nitrogens with one attached hydrogen (secondary N) is 2. The van der Waals surface area contributed by atoms with Gasteiger partial charge < -0.3 is 15.4 Å². The lowest BCUT2D eigenvalue weighted by Crippen LogP contribution is -2.26. The van der Waals surface area contributed by atoms with Crippen LogP contribution >= 0.6 is 0 Å². The lowest BCUT2D eigenvalue weighted by atomic mass is 10.2. The van der Waals surface area contributed by atoms with E-state index < -0.39 is 15.9 Å². The topological polar surface area (TPSA) is 105 Å². The Morgan fingerprint density at radius 1 is 0.882 bits per heavy atom. The molecule has 9 heteroatoms. The molecule has 0 spiro atoms. The van der Waals surface area contributed by atoms with Crippen molar-refractivity contribution in [2.75, 3.05) is 29.1 Å². The summed E-state index contributed by atoms with van der Waals surface area (Å²) in [7, 11) is -0.927. The molecule has 0 atom stereocenters. The summed E-state index contributed by atoms with van der Waals surface area (Å²) >= 11 is 0. The van der Waals surface area contributed by atoms with Gasteiger partial charge in [0.1, 0.15) is 5.75 Å². The van der Waals surface area contributed by atoms with E-state index in [2.05, 4.69) is 10.6 Å².